The molecular formula is C17H13FN5. The predicted molar refractivity (Wildman–Crippen MR) is 82.9 cm³/mol. The van der Waals surface area contributed by atoms with Crippen molar-refractivity contribution in [2.75, 3.05) is 0 Å². The third-order valence-electron chi connectivity index (χ3n) is 3.66. The van der Waals surface area contributed by atoms with E-state index in [9.17, 15) is 4.39 Å². The number of halogens is 1. The Morgan fingerprint density at radius 3 is 2.74 bits per heavy atom. The summed E-state index contributed by atoms with van der Waals surface area (Å²) in [5.41, 5.74) is 2.76. The van der Waals surface area contributed by atoms with Gasteiger partial charge in [-0.25, -0.2) is 18.6 Å². The number of benzene rings is 1. The highest BCUT2D eigenvalue weighted by Gasteiger charge is 2.12. The van der Waals surface area contributed by atoms with Crippen LogP contribution in [0.3, 0.4) is 0 Å². The summed E-state index contributed by atoms with van der Waals surface area (Å²) in [7, 11) is 0. The van der Waals surface area contributed by atoms with Crippen LogP contribution in [-0.4, -0.2) is 24.4 Å². The van der Waals surface area contributed by atoms with E-state index in [0.717, 1.165) is 16.8 Å². The fraction of sp³-hybridized carbons (Fsp3) is 0.118. The summed E-state index contributed by atoms with van der Waals surface area (Å²) >= 11 is 0. The number of hydrogen-bond acceptors (Lipinski definition) is 3. The van der Waals surface area contributed by atoms with Crippen LogP contribution in [0.2, 0.25) is 0 Å². The zero-order valence-electron chi connectivity index (χ0n) is 12.4. The molecule has 0 spiro atoms. The fourth-order valence-corrected chi connectivity index (χ4v) is 2.51. The van der Waals surface area contributed by atoms with E-state index in [1.807, 2.05) is 25.3 Å². The third-order valence-corrected chi connectivity index (χ3v) is 3.66. The van der Waals surface area contributed by atoms with Gasteiger partial charge in [0.2, 0.25) is 0 Å². The fourth-order valence-electron chi connectivity index (χ4n) is 2.51. The van der Waals surface area contributed by atoms with Crippen molar-refractivity contribution in [1.29, 1.82) is 0 Å². The Labute approximate surface area is 132 Å². The van der Waals surface area contributed by atoms with E-state index in [2.05, 4.69) is 21.4 Å². The molecule has 23 heavy (non-hydrogen) atoms. The van der Waals surface area contributed by atoms with Crippen molar-refractivity contribution >= 4 is 5.52 Å². The molecule has 3 heterocycles. The monoisotopic (exact) mass is 306 g/mol. The second-order valence-electron chi connectivity index (χ2n) is 5.32. The second kappa shape index (κ2) is 5.31. The number of aromatic nitrogens is 5. The Kier molecular flexibility index (Phi) is 3.15. The van der Waals surface area contributed by atoms with E-state index in [4.69, 9.17) is 0 Å². The summed E-state index contributed by atoms with van der Waals surface area (Å²) in [5, 5.41) is 8.73. The molecule has 0 aliphatic heterocycles. The number of rotatable bonds is 3. The largest absolute Gasteiger partial charge is 0.235 e. The Morgan fingerprint density at radius 1 is 1.17 bits per heavy atom. The summed E-state index contributed by atoms with van der Waals surface area (Å²) in [5.74, 6) is 1.10. The van der Waals surface area contributed by atoms with Crippen molar-refractivity contribution in [3.63, 3.8) is 0 Å². The van der Waals surface area contributed by atoms with E-state index >= 15 is 0 Å². The highest BCUT2D eigenvalue weighted by atomic mass is 19.1. The summed E-state index contributed by atoms with van der Waals surface area (Å²) in [6.45, 7) is 1.95. The Morgan fingerprint density at radius 2 is 2.00 bits per heavy atom. The van der Waals surface area contributed by atoms with E-state index in [0.29, 0.717) is 18.1 Å². The molecule has 0 aliphatic carbocycles. The minimum absolute atomic E-state index is 0.251. The maximum atomic E-state index is 13.0. The quantitative estimate of drug-likeness (QED) is 0.585. The van der Waals surface area contributed by atoms with E-state index in [1.165, 1.54) is 12.1 Å². The van der Waals surface area contributed by atoms with E-state index in [1.54, 1.807) is 27.4 Å². The first-order valence-electron chi connectivity index (χ1n) is 7.22. The van der Waals surface area contributed by atoms with Gasteiger partial charge in [0.25, 0.3) is 0 Å². The molecule has 0 N–H and O–H groups in total. The molecule has 4 rings (SSSR count). The van der Waals surface area contributed by atoms with Gasteiger partial charge in [-0.2, -0.15) is 10.2 Å². The number of nitrogens with zero attached hydrogens (tertiary/aromatic N) is 5. The molecule has 0 saturated heterocycles. The molecule has 0 amide bonds. The summed E-state index contributed by atoms with van der Waals surface area (Å²) in [4.78, 5) is 4.65. The molecule has 0 unspecified atom stereocenters. The van der Waals surface area contributed by atoms with Crippen LogP contribution >= 0.6 is 0 Å². The van der Waals surface area contributed by atoms with Crippen molar-refractivity contribution in [2.24, 2.45) is 0 Å². The van der Waals surface area contributed by atoms with Gasteiger partial charge in [0.15, 0.2) is 11.6 Å². The average molecular weight is 306 g/mol. The molecule has 113 valence electrons. The molecule has 1 radical (unpaired) electrons. The standard InChI is InChI=1S/C17H13FN5/c1-12-8-9-19-23(12)17-15-3-2-10-22(15)21-16(20-17)11-13-4-6-14(18)7-5-13/h2-8,10H,11H2,1H3. The number of hydrogen-bond donors (Lipinski definition) is 0. The Hall–Kier alpha value is -3.02. The normalized spacial score (nSPS) is 11.2. The predicted octanol–water partition coefficient (Wildman–Crippen LogP) is 2.75. The van der Waals surface area contributed by atoms with Crippen LogP contribution in [0.15, 0.2) is 48.7 Å². The van der Waals surface area contributed by atoms with Gasteiger partial charge in [-0.1, -0.05) is 12.1 Å². The Bertz CT molecular complexity index is 968. The van der Waals surface area contributed by atoms with Crippen LogP contribution < -0.4 is 0 Å². The smallest absolute Gasteiger partial charge is 0.181 e. The summed E-state index contributed by atoms with van der Waals surface area (Å²) in [6, 6.07) is 12.0. The lowest BCUT2D eigenvalue weighted by Gasteiger charge is -2.09. The Balaban J connectivity index is 1.82. The zero-order valence-corrected chi connectivity index (χ0v) is 12.4. The van der Waals surface area contributed by atoms with Gasteiger partial charge in [0.1, 0.15) is 17.5 Å². The van der Waals surface area contributed by atoms with Crippen LogP contribution in [0, 0.1) is 18.9 Å². The second-order valence-corrected chi connectivity index (χ2v) is 5.32. The molecule has 0 atom stereocenters. The van der Waals surface area contributed by atoms with Crippen LogP contribution in [-0.2, 0) is 6.42 Å². The maximum absolute atomic E-state index is 13.0. The topological polar surface area (TPSA) is 48.0 Å². The van der Waals surface area contributed by atoms with Gasteiger partial charge in [-0.3, -0.25) is 0 Å². The maximum Gasteiger partial charge on any atom is 0.181 e. The molecule has 6 heteroatoms. The molecule has 3 aromatic heterocycles. The highest BCUT2D eigenvalue weighted by molar-refractivity contribution is 5.60. The summed E-state index contributed by atoms with van der Waals surface area (Å²) < 4.78 is 16.6. The molecule has 0 bridgehead atoms. The summed E-state index contributed by atoms with van der Waals surface area (Å²) in [6.07, 6.45) is 5.22. The lowest BCUT2D eigenvalue weighted by Crippen LogP contribution is -2.10. The molecule has 0 aliphatic rings. The van der Waals surface area contributed by atoms with Gasteiger partial charge in [0, 0.05) is 18.3 Å². The van der Waals surface area contributed by atoms with Gasteiger partial charge in [-0.05, 0) is 42.8 Å². The van der Waals surface area contributed by atoms with Crippen LogP contribution in [0.4, 0.5) is 4.39 Å². The van der Waals surface area contributed by atoms with Crippen molar-refractivity contribution in [1.82, 2.24) is 24.4 Å². The lowest BCUT2D eigenvalue weighted by atomic mass is 10.1. The van der Waals surface area contributed by atoms with Gasteiger partial charge >= 0.3 is 0 Å². The van der Waals surface area contributed by atoms with E-state index in [-0.39, 0.29) is 5.82 Å². The van der Waals surface area contributed by atoms with Crippen LogP contribution in [0.25, 0.3) is 11.3 Å². The molecule has 5 nitrogen and oxygen atoms in total. The van der Waals surface area contributed by atoms with Crippen molar-refractivity contribution in [3.05, 3.63) is 77.8 Å². The van der Waals surface area contributed by atoms with Gasteiger partial charge in [-0.15, -0.1) is 0 Å². The molecule has 4 aromatic rings. The van der Waals surface area contributed by atoms with Gasteiger partial charge < -0.3 is 0 Å². The number of fused-ring (bicyclic) bond motifs is 1. The van der Waals surface area contributed by atoms with Crippen LogP contribution in [0.5, 0.6) is 0 Å². The third kappa shape index (κ3) is 2.48. The molecule has 0 fully saturated rings. The van der Waals surface area contributed by atoms with Crippen molar-refractivity contribution in [2.45, 2.75) is 13.3 Å². The SMILES string of the molecule is Cc1c[c]nn1-c1nc(Cc2ccc(F)cc2)nn2cccc12. The lowest BCUT2D eigenvalue weighted by molar-refractivity contribution is 0.627. The minimum atomic E-state index is -0.251. The molecule has 1 aromatic carbocycles. The van der Waals surface area contributed by atoms with Crippen molar-refractivity contribution in [3.8, 4) is 5.82 Å². The zero-order chi connectivity index (χ0) is 15.8. The van der Waals surface area contributed by atoms with Crippen LogP contribution in [0.1, 0.15) is 17.1 Å². The average Bonchev–Trinajstić information content (AvgIpc) is 3.17. The molecular weight excluding hydrogens is 293 g/mol. The first kappa shape index (κ1) is 13.6. The van der Waals surface area contributed by atoms with E-state index < -0.39 is 0 Å². The minimum Gasteiger partial charge on any atom is -0.235 e. The van der Waals surface area contributed by atoms with Crippen molar-refractivity contribution < 1.29 is 4.39 Å². The number of aryl methyl sites for hydroxylation is 1. The van der Waals surface area contributed by atoms with Gasteiger partial charge in [0.05, 0.1) is 0 Å². The first-order chi connectivity index (χ1) is 11.2. The highest BCUT2D eigenvalue weighted by Crippen LogP contribution is 2.16. The first-order valence-corrected chi connectivity index (χ1v) is 7.22. The molecule has 0 saturated carbocycles.